The molecule has 2 rings (SSSR count). The third kappa shape index (κ3) is 2.80. The number of rotatable bonds is 4. The van der Waals surface area contributed by atoms with Gasteiger partial charge in [0.05, 0.1) is 29.0 Å². The Morgan fingerprint density at radius 2 is 2.33 bits per heavy atom. The Morgan fingerprint density at radius 3 is 2.94 bits per heavy atom. The lowest BCUT2D eigenvalue weighted by Gasteiger charge is -2.09. The first kappa shape index (κ1) is 12.9. The Labute approximate surface area is 113 Å². The van der Waals surface area contributed by atoms with Crippen LogP contribution < -0.4 is 5.32 Å². The Bertz CT molecular complexity index is 583. The van der Waals surface area contributed by atoms with Crippen LogP contribution in [-0.2, 0) is 6.54 Å². The number of nitrogens with zero attached hydrogens (tertiary/aromatic N) is 1. The average molecular weight is 283 g/mol. The van der Waals surface area contributed by atoms with Crippen LogP contribution in [0, 0.1) is 6.92 Å². The molecule has 18 heavy (non-hydrogen) atoms. The summed E-state index contributed by atoms with van der Waals surface area (Å²) in [6.45, 7) is 2.46. The molecule has 1 aromatic heterocycles. The van der Waals surface area contributed by atoms with Crippen LogP contribution in [0.4, 0.5) is 5.69 Å². The second kappa shape index (κ2) is 5.37. The Morgan fingerprint density at radius 1 is 1.56 bits per heavy atom. The zero-order valence-electron chi connectivity index (χ0n) is 9.61. The second-order valence-electron chi connectivity index (χ2n) is 3.71. The average Bonchev–Trinajstić information content (AvgIpc) is 2.72. The van der Waals surface area contributed by atoms with Gasteiger partial charge in [0.25, 0.3) is 0 Å². The van der Waals surface area contributed by atoms with E-state index in [0.717, 1.165) is 10.6 Å². The Balaban J connectivity index is 2.20. The maximum absolute atomic E-state index is 11.1. The minimum Gasteiger partial charge on any atom is -0.478 e. The summed E-state index contributed by atoms with van der Waals surface area (Å²) in [5.74, 6) is -0.977. The number of aryl methyl sites for hydroxylation is 1. The topological polar surface area (TPSA) is 62.2 Å². The molecule has 0 atom stereocenters. The lowest BCUT2D eigenvalue weighted by atomic mass is 10.2. The van der Waals surface area contributed by atoms with Gasteiger partial charge in [-0.25, -0.2) is 9.78 Å². The quantitative estimate of drug-likeness (QED) is 0.902. The molecule has 0 fully saturated rings. The zero-order valence-corrected chi connectivity index (χ0v) is 11.2. The number of carboxylic acid groups (broad SMARTS) is 1. The van der Waals surface area contributed by atoms with Crippen molar-refractivity contribution in [2.45, 2.75) is 13.5 Å². The first-order valence-electron chi connectivity index (χ1n) is 5.23. The third-order valence-electron chi connectivity index (χ3n) is 2.50. The van der Waals surface area contributed by atoms with Gasteiger partial charge in [0.2, 0.25) is 0 Å². The number of nitrogens with one attached hydrogen (secondary N) is 1. The fourth-order valence-corrected chi connectivity index (χ4v) is 2.41. The van der Waals surface area contributed by atoms with Gasteiger partial charge in [-0.2, -0.15) is 0 Å². The van der Waals surface area contributed by atoms with Crippen molar-refractivity contribution in [3.63, 3.8) is 0 Å². The van der Waals surface area contributed by atoms with E-state index in [9.17, 15) is 4.79 Å². The zero-order chi connectivity index (χ0) is 13.1. The van der Waals surface area contributed by atoms with E-state index in [-0.39, 0.29) is 5.56 Å². The van der Waals surface area contributed by atoms with Gasteiger partial charge >= 0.3 is 5.97 Å². The summed E-state index contributed by atoms with van der Waals surface area (Å²) in [4.78, 5) is 16.3. The molecule has 4 nitrogen and oxygen atoms in total. The summed E-state index contributed by atoms with van der Waals surface area (Å²) in [6, 6.07) is 4.67. The monoisotopic (exact) mass is 282 g/mol. The summed E-state index contributed by atoms with van der Waals surface area (Å²) in [7, 11) is 0. The van der Waals surface area contributed by atoms with Crippen molar-refractivity contribution in [1.82, 2.24) is 4.98 Å². The second-order valence-corrected chi connectivity index (χ2v) is 5.09. The van der Waals surface area contributed by atoms with E-state index in [1.807, 2.05) is 6.92 Å². The molecule has 0 radical (unpaired) electrons. The van der Waals surface area contributed by atoms with Crippen LogP contribution in [0.2, 0.25) is 5.02 Å². The number of carboxylic acids is 1. The number of benzene rings is 1. The van der Waals surface area contributed by atoms with E-state index in [4.69, 9.17) is 16.7 Å². The normalized spacial score (nSPS) is 10.3. The fraction of sp³-hybridized carbons (Fsp3) is 0.167. The van der Waals surface area contributed by atoms with E-state index in [2.05, 4.69) is 10.3 Å². The van der Waals surface area contributed by atoms with Gasteiger partial charge in [0.15, 0.2) is 0 Å². The molecule has 0 unspecified atom stereocenters. The van der Waals surface area contributed by atoms with Crippen molar-refractivity contribution >= 4 is 34.6 Å². The molecule has 1 heterocycles. The number of hydrogen-bond donors (Lipinski definition) is 2. The number of halogens is 1. The van der Waals surface area contributed by atoms with Gasteiger partial charge in [0, 0.05) is 9.90 Å². The van der Waals surface area contributed by atoms with E-state index >= 15 is 0 Å². The molecule has 0 saturated heterocycles. The van der Waals surface area contributed by atoms with Crippen LogP contribution in [0.1, 0.15) is 20.9 Å². The summed E-state index contributed by atoms with van der Waals surface area (Å²) < 4.78 is 0. The number of aromatic carboxylic acids is 1. The van der Waals surface area contributed by atoms with Crippen molar-refractivity contribution < 1.29 is 9.90 Å². The maximum atomic E-state index is 11.1. The van der Waals surface area contributed by atoms with Gasteiger partial charge in [-0.3, -0.25) is 0 Å². The van der Waals surface area contributed by atoms with Crippen molar-refractivity contribution in [3.05, 3.63) is 44.9 Å². The summed E-state index contributed by atoms with van der Waals surface area (Å²) in [5, 5.41) is 12.7. The van der Waals surface area contributed by atoms with Crippen molar-refractivity contribution in [2.24, 2.45) is 0 Å². The van der Waals surface area contributed by atoms with Crippen molar-refractivity contribution in [1.29, 1.82) is 0 Å². The first-order chi connectivity index (χ1) is 8.58. The highest BCUT2D eigenvalue weighted by molar-refractivity contribution is 7.09. The number of hydrogen-bond acceptors (Lipinski definition) is 4. The van der Waals surface area contributed by atoms with Crippen LogP contribution >= 0.6 is 22.9 Å². The third-order valence-corrected chi connectivity index (χ3v) is 3.67. The van der Waals surface area contributed by atoms with E-state index < -0.39 is 5.97 Å². The number of aromatic nitrogens is 1. The molecule has 0 aliphatic heterocycles. The van der Waals surface area contributed by atoms with Crippen LogP contribution in [0.5, 0.6) is 0 Å². The van der Waals surface area contributed by atoms with Crippen LogP contribution in [0.15, 0.2) is 23.7 Å². The van der Waals surface area contributed by atoms with E-state index in [1.54, 1.807) is 17.6 Å². The number of anilines is 1. The van der Waals surface area contributed by atoms with Gasteiger partial charge in [0.1, 0.15) is 0 Å². The Kier molecular flexibility index (Phi) is 3.84. The molecular weight excluding hydrogens is 272 g/mol. The van der Waals surface area contributed by atoms with E-state index in [1.165, 1.54) is 17.4 Å². The van der Waals surface area contributed by atoms with Crippen LogP contribution in [0.25, 0.3) is 0 Å². The lowest BCUT2D eigenvalue weighted by molar-refractivity contribution is 0.0698. The highest BCUT2D eigenvalue weighted by Crippen LogP contribution is 2.23. The van der Waals surface area contributed by atoms with Gasteiger partial charge in [-0.05, 0) is 25.1 Å². The van der Waals surface area contributed by atoms with Gasteiger partial charge < -0.3 is 10.4 Å². The maximum Gasteiger partial charge on any atom is 0.337 e. The molecule has 0 aliphatic carbocycles. The molecule has 0 bridgehead atoms. The van der Waals surface area contributed by atoms with Gasteiger partial charge in [-0.15, -0.1) is 11.3 Å². The molecule has 0 aliphatic rings. The molecule has 6 heteroatoms. The molecule has 1 aromatic carbocycles. The largest absolute Gasteiger partial charge is 0.478 e. The fourth-order valence-electron chi connectivity index (χ4n) is 1.52. The predicted octanol–water partition coefficient (Wildman–Crippen LogP) is 3.42. The molecule has 2 N–H and O–H groups in total. The van der Waals surface area contributed by atoms with Gasteiger partial charge in [-0.1, -0.05) is 11.6 Å². The minimum atomic E-state index is -0.977. The van der Waals surface area contributed by atoms with Crippen molar-refractivity contribution in [2.75, 3.05) is 5.32 Å². The summed E-state index contributed by atoms with van der Waals surface area (Å²) in [5.41, 5.74) is 3.44. The molecular formula is C12H11ClN2O2S. The van der Waals surface area contributed by atoms with E-state index in [0.29, 0.717) is 17.3 Å². The highest BCUT2D eigenvalue weighted by Gasteiger charge is 2.11. The Hall–Kier alpha value is -1.59. The predicted molar refractivity (Wildman–Crippen MR) is 72.6 cm³/mol. The number of thiazole rings is 1. The molecule has 0 spiro atoms. The first-order valence-corrected chi connectivity index (χ1v) is 6.49. The lowest BCUT2D eigenvalue weighted by Crippen LogP contribution is -2.06. The van der Waals surface area contributed by atoms with Crippen LogP contribution in [0.3, 0.4) is 0 Å². The SMILES string of the molecule is Cc1ncsc1CNc1cc(Cl)ccc1C(=O)O. The molecule has 0 amide bonds. The minimum absolute atomic E-state index is 0.210. The van der Waals surface area contributed by atoms with Crippen LogP contribution in [-0.4, -0.2) is 16.1 Å². The number of carbonyl (C=O) groups is 1. The molecule has 94 valence electrons. The molecule has 0 saturated carbocycles. The summed E-state index contributed by atoms with van der Waals surface area (Å²) >= 11 is 7.40. The summed E-state index contributed by atoms with van der Waals surface area (Å²) in [6.07, 6.45) is 0. The smallest absolute Gasteiger partial charge is 0.337 e. The standard InChI is InChI=1S/C12H11ClN2O2S/c1-7-11(18-6-15-7)5-14-10-4-8(13)2-3-9(10)12(16)17/h2-4,6,14H,5H2,1H3,(H,16,17). The molecule has 2 aromatic rings. The highest BCUT2D eigenvalue weighted by atomic mass is 35.5. The van der Waals surface area contributed by atoms with Crippen molar-refractivity contribution in [3.8, 4) is 0 Å².